The average Bonchev–Trinajstić information content (AvgIpc) is 2.84. The number of guanidine groups is 1. The predicted octanol–water partition coefficient (Wildman–Crippen LogP) is 2.61. The number of oxazole rings is 1. The molecule has 6 nitrogen and oxygen atoms in total. The molecule has 138 valence electrons. The van der Waals surface area contributed by atoms with Crippen LogP contribution in [0.3, 0.4) is 0 Å². The Kier molecular flexibility index (Phi) is 8.86. The molecule has 0 spiro atoms. The number of hydrogen-bond donors (Lipinski definition) is 3. The maximum absolute atomic E-state index is 10.6. The Hall–Kier alpha value is -0.480. The van der Waals surface area contributed by atoms with Gasteiger partial charge in [0.25, 0.3) is 0 Å². The molecular weight excluding hydrogens is 439 g/mol. The van der Waals surface area contributed by atoms with Crippen molar-refractivity contribution in [2.75, 3.05) is 18.8 Å². The van der Waals surface area contributed by atoms with Gasteiger partial charge in [-0.3, -0.25) is 0 Å². The van der Waals surface area contributed by atoms with Crippen LogP contribution in [0.2, 0.25) is 0 Å². The van der Waals surface area contributed by atoms with E-state index >= 15 is 0 Å². The van der Waals surface area contributed by atoms with Crippen LogP contribution in [-0.2, 0) is 6.54 Å². The maximum Gasteiger partial charge on any atom is 0.216 e. The molecule has 24 heavy (non-hydrogen) atoms. The van der Waals surface area contributed by atoms with Crippen molar-refractivity contribution in [1.82, 2.24) is 15.6 Å². The minimum Gasteiger partial charge on any atom is -0.444 e. The van der Waals surface area contributed by atoms with Crippen molar-refractivity contribution in [1.29, 1.82) is 0 Å². The van der Waals surface area contributed by atoms with Gasteiger partial charge in [0, 0.05) is 18.3 Å². The van der Waals surface area contributed by atoms with Gasteiger partial charge in [0.1, 0.15) is 12.3 Å². The van der Waals surface area contributed by atoms with E-state index in [0.29, 0.717) is 30.2 Å². The van der Waals surface area contributed by atoms with Crippen LogP contribution in [0.15, 0.2) is 9.41 Å². The Labute approximate surface area is 165 Å². The van der Waals surface area contributed by atoms with Crippen LogP contribution in [0.5, 0.6) is 0 Å². The van der Waals surface area contributed by atoms with Crippen molar-refractivity contribution >= 4 is 41.7 Å². The first kappa shape index (κ1) is 21.6. The molecule has 8 heteroatoms. The Morgan fingerprint density at radius 1 is 1.42 bits per heavy atom. The molecule has 2 atom stereocenters. The number of aliphatic imine (C=N–C) groups is 1. The average molecular weight is 468 g/mol. The summed E-state index contributed by atoms with van der Waals surface area (Å²) in [6, 6.07) is 0. The Balaban J connectivity index is 0.00000288. The van der Waals surface area contributed by atoms with Gasteiger partial charge in [-0.1, -0.05) is 6.92 Å². The first-order chi connectivity index (χ1) is 11.0. The fourth-order valence-electron chi connectivity index (χ4n) is 2.57. The second-order valence-electron chi connectivity index (χ2n) is 5.88. The van der Waals surface area contributed by atoms with Crippen LogP contribution in [-0.4, -0.2) is 45.7 Å². The summed E-state index contributed by atoms with van der Waals surface area (Å²) < 4.78 is 5.54. The maximum atomic E-state index is 10.6. The zero-order chi connectivity index (χ0) is 16.9. The quantitative estimate of drug-likeness (QED) is 0.324. The van der Waals surface area contributed by atoms with E-state index < -0.39 is 5.60 Å². The molecule has 0 bridgehead atoms. The van der Waals surface area contributed by atoms with Gasteiger partial charge in [0.15, 0.2) is 5.96 Å². The van der Waals surface area contributed by atoms with Gasteiger partial charge in [-0.15, -0.1) is 24.0 Å². The van der Waals surface area contributed by atoms with Crippen LogP contribution in [0, 0.1) is 13.8 Å². The molecule has 1 aliphatic rings. The van der Waals surface area contributed by atoms with Crippen molar-refractivity contribution in [2.24, 2.45) is 4.99 Å². The van der Waals surface area contributed by atoms with E-state index in [2.05, 4.69) is 27.5 Å². The Bertz CT molecular complexity index is 533. The lowest BCUT2D eigenvalue weighted by molar-refractivity contribution is -0.0198. The molecule has 1 heterocycles. The fourth-order valence-corrected chi connectivity index (χ4v) is 3.77. The number of aryl methyl sites for hydroxylation is 2. The summed E-state index contributed by atoms with van der Waals surface area (Å²) in [5.74, 6) is 3.15. The number of rotatable bonds is 7. The molecule has 0 radical (unpaired) electrons. The molecule has 1 aromatic heterocycles. The minimum atomic E-state index is -0.632. The van der Waals surface area contributed by atoms with Gasteiger partial charge in [-0.05, 0) is 39.4 Å². The lowest BCUT2D eigenvalue weighted by Crippen LogP contribution is -2.58. The number of nitrogens with one attached hydrogen (secondary N) is 2. The highest BCUT2D eigenvalue weighted by Crippen LogP contribution is 2.40. The van der Waals surface area contributed by atoms with Crippen molar-refractivity contribution < 1.29 is 9.52 Å². The number of nitrogens with zero attached hydrogens (tertiary/aromatic N) is 2. The highest BCUT2D eigenvalue weighted by atomic mass is 127. The first-order valence-electron chi connectivity index (χ1n) is 8.27. The molecule has 0 saturated heterocycles. The van der Waals surface area contributed by atoms with Crippen LogP contribution in [0.4, 0.5) is 0 Å². The second kappa shape index (κ2) is 9.86. The van der Waals surface area contributed by atoms with E-state index in [0.717, 1.165) is 36.6 Å². The van der Waals surface area contributed by atoms with E-state index in [1.165, 1.54) is 0 Å². The third kappa shape index (κ3) is 5.52. The van der Waals surface area contributed by atoms with Crippen LogP contribution in [0.1, 0.15) is 44.0 Å². The smallest absolute Gasteiger partial charge is 0.216 e. The van der Waals surface area contributed by atoms with Gasteiger partial charge >= 0.3 is 0 Å². The third-order valence-electron chi connectivity index (χ3n) is 4.16. The second-order valence-corrected chi connectivity index (χ2v) is 7.36. The lowest BCUT2D eigenvalue weighted by Gasteiger charge is -2.45. The number of aromatic nitrogens is 1. The van der Waals surface area contributed by atoms with Gasteiger partial charge in [0.05, 0.1) is 11.3 Å². The Morgan fingerprint density at radius 2 is 2.17 bits per heavy atom. The van der Waals surface area contributed by atoms with Crippen molar-refractivity contribution in [2.45, 2.75) is 57.9 Å². The van der Waals surface area contributed by atoms with Gasteiger partial charge in [-0.2, -0.15) is 11.8 Å². The predicted molar refractivity (Wildman–Crippen MR) is 110 cm³/mol. The normalized spacial score (nSPS) is 23.4. The van der Waals surface area contributed by atoms with Crippen LogP contribution < -0.4 is 10.6 Å². The van der Waals surface area contributed by atoms with Gasteiger partial charge < -0.3 is 20.2 Å². The van der Waals surface area contributed by atoms with Crippen LogP contribution >= 0.6 is 35.7 Å². The molecule has 1 aliphatic carbocycles. The lowest BCUT2D eigenvalue weighted by atomic mass is 9.79. The van der Waals surface area contributed by atoms with Crippen molar-refractivity contribution in [3.05, 3.63) is 17.3 Å². The highest BCUT2D eigenvalue weighted by molar-refractivity contribution is 14.0. The van der Waals surface area contributed by atoms with E-state index in [1.54, 1.807) is 0 Å². The molecular formula is C16H29IN4O2S. The summed E-state index contributed by atoms with van der Waals surface area (Å²) in [6.45, 7) is 9.63. The summed E-state index contributed by atoms with van der Waals surface area (Å²) >= 11 is 1.83. The summed E-state index contributed by atoms with van der Waals surface area (Å²) in [7, 11) is 0. The van der Waals surface area contributed by atoms with Gasteiger partial charge in [-0.25, -0.2) is 9.98 Å². The molecule has 2 rings (SSSR count). The molecule has 0 aliphatic heterocycles. The summed E-state index contributed by atoms with van der Waals surface area (Å²) in [5.41, 5.74) is 0.267. The number of hydrogen-bond acceptors (Lipinski definition) is 5. The zero-order valence-electron chi connectivity index (χ0n) is 14.9. The van der Waals surface area contributed by atoms with Crippen molar-refractivity contribution in [3.8, 4) is 0 Å². The van der Waals surface area contributed by atoms with E-state index in [1.807, 2.05) is 32.5 Å². The van der Waals surface area contributed by atoms with E-state index in [-0.39, 0.29) is 24.0 Å². The fraction of sp³-hybridized carbons (Fsp3) is 0.750. The number of thioether (sulfide) groups is 1. The first-order valence-corrected chi connectivity index (χ1v) is 9.32. The Morgan fingerprint density at radius 3 is 2.67 bits per heavy atom. The van der Waals surface area contributed by atoms with E-state index in [9.17, 15) is 5.11 Å². The monoisotopic (exact) mass is 468 g/mol. The molecule has 2 unspecified atom stereocenters. The zero-order valence-corrected chi connectivity index (χ0v) is 18.0. The molecule has 1 saturated carbocycles. The molecule has 3 N–H and O–H groups in total. The van der Waals surface area contributed by atoms with Gasteiger partial charge in [0.2, 0.25) is 5.89 Å². The summed E-state index contributed by atoms with van der Waals surface area (Å²) in [6.07, 6.45) is 1.93. The standard InChI is InChI=1S/C16H28N4O2S.HI/c1-5-17-15(18-9-14-20-11(3)12(4)22-14)19-10-16(21)8-7-13(16)23-6-2;/h13,21H,5-10H2,1-4H3,(H2,17,18,19);1H. The SMILES string of the molecule is CCNC(=NCc1nc(C)c(C)o1)NCC1(O)CCC1SCC.I. The third-order valence-corrected chi connectivity index (χ3v) is 5.57. The van der Waals surface area contributed by atoms with E-state index in [4.69, 9.17) is 4.42 Å². The summed E-state index contributed by atoms with van der Waals surface area (Å²) in [5, 5.41) is 17.4. The highest BCUT2D eigenvalue weighted by Gasteiger charge is 2.45. The van der Waals surface area contributed by atoms with Crippen LogP contribution in [0.25, 0.3) is 0 Å². The molecule has 1 aromatic rings. The summed E-state index contributed by atoms with van der Waals surface area (Å²) in [4.78, 5) is 8.82. The largest absolute Gasteiger partial charge is 0.444 e. The number of halogens is 1. The molecule has 0 amide bonds. The number of aliphatic hydroxyl groups is 1. The topological polar surface area (TPSA) is 82.7 Å². The molecule has 1 fully saturated rings. The van der Waals surface area contributed by atoms with Crippen molar-refractivity contribution in [3.63, 3.8) is 0 Å². The minimum absolute atomic E-state index is 0. The molecule has 0 aromatic carbocycles.